The molecule has 3 rings (SSSR count). The zero-order chi connectivity index (χ0) is 21.7. The molecule has 1 aromatic carbocycles. The molecule has 1 fully saturated rings. The van der Waals surface area contributed by atoms with E-state index in [-0.39, 0.29) is 18.9 Å². The predicted octanol–water partition coefficient (Wildman–Crippen LogP) is 3.01. The molecule has 2 aliphatic heterocycles. The lowest BCUT2D eigenvalue weighted by Crippen LogP contribution is -2.39. The molecule has 9 heteroatoms. The molecule has 0 N–H and O–H groups in total. The highest BCUT2D eigenvalue weighted by Gasteiger charge is 2.25. The number of carbonyl (C=O) groups is 2. The third-order valence-corrected chi connectivity index (χ3v) is 5.37. The molecule has 0 saturated carbocycles. The van der Waals surface area contributed by atoms with E-state index < -0.39 is 18.5 Å². The molecule has 0 aromatic heterocycles. The van der Waals surface area contributed by atoms with E-state index in [1.807, 2.05) is 32.2 Å². The fraction of sp³-hybridized carbons (Fsp3) is 0.619. The van der Waals surface area contributed by atoms with Gasteiger partial charge in [0.05, 0.1) is 0 Å². The van der Waals surface area contributed by atoms with Crippen LogP contribution in [0.3, 0.4) is 0 Å². The number of amides is 1. The zero-order valence-corrected chi connectivity index (χ0v) is 18.0. The van der Waals surface area contributed by atoms with Gasteiger partial charge in [0.25, 0.3) is 0 Å². The minimum absolute atomic E-state index is 0.142. The van der Waals surface area contributed by atoms with Gasteiger partial charge in [0.15, 0.2) is 11.5 Å². The molecule has 2 aliphatic rings. The maximum atomic E-state index is 12.4. The molecule has 0 spiro atoms. The van der Waals surface area contributed by atoms with Gasteiger partial charge in [-0.25, -0.2) is 9.59 Å². The smallest absolute Gasteiger partial charge is 0.454 e. The summed E-state index contributed by atoms with van der Waals surface area (Å²) in [5.74, 6) is 1.42. The molecule has 1 aromatic rings. The minimum Gasteiger partial charge on any atom is -0.454 e. The maximum Gasteiger partial charge on any atom is 0.511 e. The van der Waals surface area contributed by atoms with Gasteiger partial charge in [0, 0.05) is 33.1 Å². The van der Waals surface area contributed by atoms with Gasteiger partial charge in [-0.05, 0) is 50.9 Å². The van der Waals surface area contributed by atoms with Crippen molar-refractivity contribution in [2.24, 2.45) is 0 Å². The van der Waals surface area contributed by atoms with E-state index in [4.69, 9.17) is 23.7 Å². The minimum atomic E-state index is -1.04. The third kappa shape index (κ3) is 5.91. The number of likely N-dealkylation sites (tertiary alicyclic amines) is 1. The van der Waals surface area contributed by atoms with Crippen molar-refractivity contribution in [3.63, 3.8) is 0 Å². The summed E-state index contributed by atoms with van der Waals surface area (Å²) in [7, 11) is 3.67. The number of hydrogen-bond acceptors (Lipinski definition) is 8. The number of likely N-dealkylation sites (N-methyl/N-ethyl adjacent to an activating group) is 1. The first-order valence-electron chi connectivity index (χ1n) is 10.2. The van der Waals surface area contributed by atoms with Gasteiger partial charge in [-0.15, -0.1) is 0 Å². The highest BCUT2D eigenvalue weighted by atomic mass is 16.8. The second kappa shape index (κ2) is 9.88. The van der Waals surface area contributed by atoms with Gasteiger partial charge < -0.3 is 33.5 Å². The summed E-state index contributed by atoms with van der Waals surface area (Å²) in [5.41, 5.74) is 1.01. The van der Waals surface area contributed by atoms with Crippen molar-refractivity contribution >= 4 is 12.2 Å². The molecule has 2 unspecified atom stereocenters. The summed E-state index contributed by atoms with van der Waals surface area (Å²) >= 11 is 0. The first-order valence-corrected chi connectivity index (χ1v) is 10.2. The molecule has 30 heavy (non-hydrogen) atoms. The zero-order valence-electron chi connectivity index (χ0n) is 18.0. The lowest BCUT2D eigenvalue weighted by molar-refractivity contribution is -0.0940. The fourth-order valence-corrected chi connectivity index (χ4v) is 3.38. The molecule has 2 heterocycles. The van der Waals surface area contributed by atoms with Crippen LogP contribution in [0.4, 0.5) is 9.59 Å². The summed E-state index contributed by atoms with van der Waals surface area (Å²) in [6, 6.07) is 5.56. The second-order valence-electron chi connectivity index (χ2n) is 7.79. The van der Waals surface area contributed by atoms with Gasteiger partial charge in [-0.2, -0.15) is 0 Å². The van der Waals surface area contributed by atoms with Crippen LogP contribution in [0, 0.1) is 0 Å². The first-order chi connectivity index (χ1) is 14.3. The first kappa shape index (κ1) is 22.0. The monoisotopic (exact) mass is 422 g/mol. The highest BCUT2D eigenvalue weighted by molar-refractivity contribution is 5.68. The van der Waals surface area contributed by atoms with E-state index in [0.29, 0.717) is 12.2 Å². The Morgan fingerprint density at radius 1 is 1.17 bits per heavy atom. The van der Waals surface area contributed by atoms with Crippen LogP contribution in [-0.2, 0) is 20.6 Å². The quantitative estimate of drug-likeness (QED) is 0.511. The van der Waals surface area contributed by atoms with Crippen LogP contribution in [0.1, 0.15) is 32.3 Å². The summed E-state index contributed by atoms with van der Waals surface area (Å²) in [5, 5.41) is 0. The topological polar surface area (TPSA) is 86.8 Å². The standard InChI is InChI=1S/C21H30N2O7/c1-14(11-16-5-6-18-19(12-16)27-13-26-18)23(4)20(24)28-15(2)29-21(25)30-17-7-9-22(3)10-8-17/h5-6,12,14-15,17H,7-11,13H2,1-4H3. The van der Waals surface area contributed by atoms with Crippen LogP contribution in [0.25, 0.3) is 0 Å². The number of rotatable bonds is 6. The molecule has 0 bridgehead atoms. The van der Waals surface area contributed by atoms with Gasteiger partial charge >= 0.3 is 12.2 Å². The Morgan fingerprint density at radius 2 is 1.87 bits per heavy atom. The predicted molar refractivity (Wildman–Crippen MR) is 108 cm³/mol. The molecule has 0 radical (unpaired) electrons. The number of nitrogens with zero attached hydrogens (tertiary/aromatic N) is 2. The van der Waals surface area contributed by atoms with Crippen molar-refractivity contribution in [1.29, 1.82) is 0 Å². The SMILES string of the molecule is CC(OC(=O)OC1CCN(C)CC1)OC(=O)N(C)C(C)Cc1ccc2c(c1)OCO2. The lowest BCUT2D eigenvalue weighted by Gasteiger charge is -2.29. The van der Waals surface area contributed by atoms with Crippen molar-refractivity contribution < 1.29 is 33.3 Å². The number of hydrogen-bond donors (Lipinski definition) is 0. The molecule has 2 atom stereocenters. The lowest BCUT2D eigenvalue weighted by atomic mass is 10.1. The van der Waals surface area contributed by atoms with E-state index in [1.165, 1.54) is 11.8 Å². The van der Waals surface area contributed by atoms with E-state index in [1.54, 1.807) is 7.05 Å². The largest absolute Gasteiger partial charge is 0.511 e. The summed E-state index contributed by atoms with van der Waals surface area (Å²) in [6.07, 6.45) is -0.476. The van der Waals surface area contributed by atoms with Gasteiger partial charge in [-0.3, -0.25) is 0 Å². The highest BCUT2D eigenvalue weighted by Crippen LogP contribution is 2.33. The number of benzene rings is 1. The normalized spacial score (nSPS) is 18.4. The summed E-state index contributed by atoms with van der Waals surface area (Å²) in [4.78, 5) is 28.0. The van der Waals surface area contributed by atoms with Gasteiger partial charge in [-0.1, -0.05) is 6.07 Å². The number of piperidine rings is 1. The van der Waals surface area contributed by atoms with Crippen LogP contribution in [0.5, 0.6) is 11.5 Å². The van der Waals surface area contributed by atoms with Crippen LogP contribution >= 0.6 is 0 Å². The van der Waals surface area contributed by atoms with Crippen molar-refractivity contribution in [1.82, 2.24) is 9.80 Å². The molecular formula is C21H30N2O7. The van der Waals surface area contributed by atoms with E-state index in [9.17, 15) is 9.59 Å². The summed E-state index contributed by atoms with van der Waals surface area (Å²) < 4.78 is 26.3. The Hall–Kier alpha value is -2.68. The average molecular weight is 422 g/mol. The van der Waals surface area contributed by atoms with Crippen LogP contribution in [-0.4, -0.2) is 74.5 Å². The molecule has 166 valence electrons. The van der Waals surface area contributed by atoms with Gasteiger partial charge in [0.2, 0.25) is 13.1 Å². The molecule has 1 saturated heterocycles. The van der Waals surface area contributed by atoms with Crippen molar-refractivity contribution in [3.8, 4) is 11.5 Å². The summed E-state index contributed by atoms with van der Waals surface area (Å²) in [6.45, 7) is 5.36. The van der Waals surface area contributed by atoms with Crippen molar-refractivity contribution in [2.45, 2.75) is 51.5 Å². The number of carbonyl (C=O) groups excluding carboxylic acids is 2. The number of fused-ring (bicyclic) bond motifs is 1. The maximum absolute atomic E-state index is 12.4. The fourth-order valence-electron chi connectivity index (χ4n) is 3.38. The van der Waals surface area contributed by atoms with Crippen LogP contribution in [0.15, 0.2) is 18.2 Å². The molecule has 0 aliphatic carbocycles. The van der Waals surface area contributed by atoms with E-state index >= 15 is 0 Å². The Morgan fingerprint density at radius 3 is 2.60 bits per heavy atom. The van der Waals surface area contributed by atoms with E-state index in [0.717, 1.165) is 37.2 Å². The molecule has 9 nitrogen and oxygen atoms in total. The molecular weight excluding hydrogens is 392 g/mol. The Bertz CT molecular complexity index is 749. The second-order valence-corrected chi connectivity index (χ2v) is 7.79. The molecule has 1 amide bonds. The Labute approximate surface area is 176 Å². The Balaban J connectivity index is 1.41. The van der Waals surface area contributed by atoms with Crippen molar-refractivity contribution in [2.75, 3.05) is 34.0 Å². The third-order valence-electron chi connectivity index (χ3n) is 5.37. The number of ether oxygens (including phenoxy) is 5. The van der Waals surface area contributed by atoms with E-state index in [2.05, 4.69) is 4.90 Å². The van der Waals surface area contributed by atoms with Gasteiger partial charge in [0.1, 0.15) is 6.10 Å². The van der Waals surface area contributed by atoms with Crippen LogP contribution < -0.4 is 9.47 Å². The van der Waals surface area contributed by atoms with Crippen molar-refractivity contribution in [3.05, 3.63) is 23.8 Å². The average Bonchev–Trinajstić information content (AvgIpc) is 3.16. The Kier molecular flexibility index (Phi) is 7.25. The van der Waals surface area contributed by atoms with Crippen LogP contribution in [0.2, 0.25) is 0 Å².